The summed E-state index contributed by atoms with van der Waals surface area (Å²) >= 11 is 0. The largest absolute Gasteiger partial charge is 0.350 e. The molecule has 0 radical (unpaired) electrons. The first-order valence-electron chi connectivity index (χ1n) is 12.3. The Balaban J connectivity index is 1.43. The van der Waals surface area contributed by atoms with Gasteiger partial charge in [-0.25, -0.2) is 0 Å². The fraction of sp³-hybridized carbons (Fsp3) is 0.536. The van der Waals surface area contributed by atoms with Crippen LogP contribution < -0.4 is 10.6 Å². The number of nitrogens with zero attached hydrogens (tertiary/aromatic N) is 1. The minimum Gasteiger partial charge on any atom is -0.350 e. The predicted octanol–water partition coefficient (Wildman–Crippen LogP) is 3.79. The normalized spacial score (nSPS) is 31.2. The quantitative estimate of drug-likeness (QED) is 0.701. The molecule has 4 fully saturated rings. The molecule has 3 heterocycles. The maximum atomic E-state index is 13.9. The van der Waals surface area contributed by atoms with E-state index in [1.54, 1.807) is 0 Å². The van der Waals surface area contributed by atoms with E-state index in [1.165, 1.54) is 11.1 Å². The molecule has 1 amide bonds. The molecule has 6 rings (SSSR count). The first-order chi connectivity index (χ1) is 15.5. The second-order valence-corrected chi connectivity index (χ2v) is 10.8. The Morgan fingerprint density at radius 3 is 2.59 bits per heavy atom. The van der Waals surface area contributed by atoms with Gasteiger partial charge in [0.2, 0.25) is 5.91 Å². The highest BCUT2D eigenvalue weighted by Crippen LogP contribution is 2.53. The zero-order valence-corrected chi connectivity index (χ0v) is 19.7. The van der Waals surface area contributed by atoms with Crippen molar-refractivity contribution in [3.8, 4) is 0 Å². The fourth-order valence-electron chi connectivity index (χ4n) is 6.78. The van der Waals surface area contributed by atoms with E-state index in [-0.39, 0.29) is 11.9 Å². The van der Waals surface area contributed by atoms with Crippen molar-refractivity contribution in [1.82, 2.24) is 15.5 Å². The van der Waals surface area contributed by atoms with Crippen LogP contribution in [0.25, 0.3) is 0 Å². The van der Waals surface area contributed by atoms with Gasteiger partial charge in [-0.1, -0.05) is 74.0 Å². The fourth-order valence-corrected chi connectivity index (χ4v) is 6.78. The number of amides is 1. The number of hydrogen-bond donors (Lipinski definition) is 2. The van der Waals surface area contributed by atoms with E-state index in [2.05, 4.69) is 72.7 Å². The molecule has 32 heavy (non-hydrogen) atoms. The molecule has 5 unspecified atom stereocenters. The van der Waals surface area contributed by atoms with Gasteiger partial charge in [0.15, 0.2) is 0 Å². The van der Waals surface area contributed by atoms with Crippen molar-refractivity contribution in [1.29, 1.82) is 0 Å². The number of nitrogens with one attached hydrogen (secondary N) is 2. The summed E-state index contributed by atoms with van der Waals surface area (Å²) in [4.78, 5) is 16.5. The minimum absolute atomic E-state index is 0.203. The summed E-state index contributed by atoms with van der Waals surface area (Å²) in [5.41, 5.74) is 3.40. The molecule has 3 saturated heterocycles. The van der Waals surface area contributed by atoms with Gasteiger partial charge >= 0.3 is 0 Å². The lowest BCUT2D eigenvalue weighted by atomic mass is 9.58. The number of likely N-dealkylation sites (tertiary alicyclic amines) is 1. The Labute approximate surface area is 192 Å². The van der Waals surface area contributed by atoms with Crippen molar-refractivity contribution in [3.05, 3.63) is 71.3 Å². The van der Waals surface area contributed by atoms with Crippen molar-refractivity contribution in [2.75, 3.05) is 19.6 Å². The van der Waals surface area contributed by atoms with Crippen LogP contribution in [0, 0.1) is 30.6 Å². The van der Waals surface area contributed by atoms with Gasteiger partial charge in [0.1, 0.15) is 5.54 Å². The molecule has 3 aliphatic heterocycles. The molecule has 5 atom stereocenters. The number of carbonyl (C=O) groups is 1. The molecule has 4 bridgehead atoms. The highest BCUT2D eigenvalue weighted by molar-refractivity contribution is 5.89. The monoisotopic (exact) mass is 431 g/mol. The van der Waals surface area contributed by atoms with E-state index in [0.29, 0.717) is 30.2 Å². The molecule has 1 saturated carbocycles. The number of rotatable bonds is 7. The van der Waals surface area contributed by atoms with Gasteiger partial charge in [0, 0.05) is 31.6 Å². The first-order valence-corrected chi connectivity index (χ1v) is 12.3. The van der Waals surface area contributed by atoms with Gasteiger partial charge in [-0.3, -0.25) is 9.69 Å². The third-order valence-corrected chi connectivity index (χ3v) is 8.08. The van der Waals surface area contributed by atoms with E-state index in [0.717, 1.165) is 38.0 Å². The van der Waals surface area contributed by atoms with Gasteiger partial charge < -0.3 is 10.6 Å². The van der Waals surface area contributed by atoms with Crippen LogP contribution in [0.4, 0.5) is 0 Å². The first kappa shape index (κ1) is 21.7. The lowest BCUT2D eigenvalue weighted by Crippen LogP contribution is -2.76. The van der Waals surface area contributed by atoms with Crippen molar-refractivity contribution in [2.24, 2.45) is 23.7 Å². The van der Waals surface area contributed by atoms with Crippen molar-refractivity contribution in [3.63, 3.8) is 0 Å². The van der Waals surface area contributed by atoms with Crippen LogP contribution in [0.3, 0.4) is 0 Å². The number of hydrogen-bond acceptors (Lipinski definition) is 3. The molecule has 0 spiro atoms. The Bertz CT molecular complexity index is 941. The summed E-state index contributed by atoms with van der Waals surface area (Å²) in [7, 11) is 0. The summed E-state index contributed by atoms with van der Waals surface area (Å²) < 4.78 is 0. The second-order valence-electron chi connectivity index (χ2n) is 10.8. The van der Waals surface area contributed by atoms with E-state index < -0.39 is 5.54 Å². The Morgan fingerprint density at radius 2 is 1.88 bits per heavy atom. The predicted molar refractivity (Wildman–Crippen MR) is 129 cm³/mol. The van der Waals surface area contributed by atoms with E-state index in [1.807, 2.05) is 18.2 Å². The van der Waals surface area contributed by atoms with Crippen LogP contribution in [0.2, 0.25) is 0 Å². The SMILES string of the molecule is Cc1ccc(CC2C3CNC4(C(=O)NCc5ccccc5)C(C3)CN(CC(C)C)C24)cc1. The highest BCUT2D eigenvalue weighted by atomic mass is 16.2. The molecule has 4 aliphatic rings. The van der Waals surface area contributed by atoms with Crippen LogP contribution >= 0.6 is 0 Å². The van der Waals surface area contributed by atoms with Crippen LogP contribution in [-0.2, 0) is 17.8 Å². The highest BCUT2D eigenvalue weighted by Gasteiger charge is 2.67. The summed E-state index contributed by atoms with van der Waals surface area (Å²) in [6.45, 7) is 10.4. The van der Waals surface area contributed by atoms with Crippen LogP contribution in [0.1, 0.15) is 37.0 Å². The molecule has 2 aromatic rings. The number of fused-ring (bicyclic) bond motifs is 1. The second kappa shape index (κ2) is 8.64. The zero-order valence-electron chi connectivity index (χ0n) is 19.7. The van der Waals surface area contributed by atoms with Crippen LogP contribution in [0.5, 0.6) is 0 Å². The summed E-state index contributed by atoms with van der Waals surface area (Å²) in [5.74, 6) is 2.35. The lowest BCUT2D eigenvalue weighted by molar-refractivity contribution is -0.138. The third kappa shape index (κ3) is 3.78. The summed E-state index contributed by atoms with van der Waals surface area (Å²) in [6, 6.07) is 19.5. The Kier molecular flexibility index (Phi) is 5.85. The molecular formula is C28H37N3O. The van der Waals surface area contributed by atoms with Gasteiger partial charge in [0.05, 0.1) is 0 Å². The van der Waals surface area contributed by atoms with Crippen molar-refractivity contribution >= 4 is 5.91 Å². The van der Waals surface area contributed by atoms with Crippen LogP contribution in [-0.4, -0.2) is 42.0 Å². The standard InChI is InChI=1S/C28H37N3O/c1-19(2)17-31-18-24-14-23-16-30-28(24,27(32)29-15-22-7-5-4-6-8-22)26(31)25(23)13-21-11-9-20(3)10-12-21/h4-12,19,23-26,30H,13-18H2,1-3H3,(H,29,32). The molecule has 170 valence electrons. The smallest absolute Gasteiger partial charge is 0.242 e. The Hall–Kier alpha value is -2.17. The Morgan fingerprint density at radius 1 is 1.12 bits per heavy atom. The maximum Gasteiger partial charge on any atom is 0.242 e. The van der Waals surface area contributed by atoms with Crippen LogP contribution in [0.15, 0.2) is 54.6 Å². The molecule has 2 N–H and O–H groups in total. The molecule has 1 aliphatic carbocycles. The molecule has 2 aromatic carbocycles. The molecular weight excluding hydrogens is 394 g/mol. The van der Waals surface area contributed by atoms with Gasteiger partial charge in [-0.2, -0.15) is 0 Å². The number of aryl methyl sites for hydroxylation is 1. The van der Waals surface area contributed by atoms with Crippen molar-refractivity contribution < 1.29 is 4.79 Å². The third-order valence-electron chi connectivity index (χ3n) is 8.08. The van der Waals surface area contributed by atoms with E-state index >= 15 is 0 Å². The van der Waals surface area contributed by atoms with Gasteiger partial charge in [-0.05, 0) is 55.2 Å². The minimum atomic E-state index is -0.464. The summed E-state index contributed by atoms with van der Waals surface area (Å²) in [6.07, 6.45) is 2.22. The zero-order chi connectivity index (χ0) is 22.3. The molecule has 4 nitrogen and oxygen atoms in total. The van der Waals surface area contributed by atoms with E-state index in [4.69, 9.17) is 0 Å². The maximum absolute atomic E-state index is 13.9. The summed E-state index contributed by atoms with van der Waals surface area (Å²) in [5, 5.41) is 7.13. The number of piperidine rings is 2. The van der Waals surface area contributed by atoms with E-state index in [9.17, 15) is 4.79 Å². The topological polar surface area (TPSA) is 44.4 Å². The number of carbonyl (C=O) groups excluding carboxylic acids is 1. The van der Waals surface area contributed by atoms with Crippen molar-refractivity contribution in [2.45, 2.75) is 51.7 Å². The molecule has 0 aromatic heterocycles. The average molecular weight is 432 g/mol. The average Bonchev–Trinajstić information content (AvgIpc) is 3.04. The lowest BCUT2D eigenvalue weighted by Gasteiger charge is -2.56. The molecule has 4 heteroatoms. The van der Waals surface area contributed by atoms with Gasteiger partial charge in [0.25, 0.3) is 0 Å². The number of benzene rings is 2. The van der Waals surface area contributed by atoms with Gasteiger partial charge in [-0.15, -0.1) is 0 Å².